The molecule has 1 heterocycles. The molecule has 0 unspecified atom stereocenters. The van der Waals surface area contributed by atoms with Crippen LogP contribution in [0.1, 0.15) is 16.7 Å². The van der Waals surface area contributed by atoms with Gasteiger partial charge in [-0.1, -0.05) is 11.6 Å². The second-order valence-corrected chi connectivity index (χ2v) is 7.61. The summed E-state index contributed by atoms with van der Waals surface area (Å²) in [4.78, 5) is 0.227. The Labute approximate surface area is 134 Å². The lowest BCUT2D eigenvalue weighted by molar-refractivity contribution is 0.581. The quantitative estimate of drug-likeness (QED) is 0.847. The lowest BCUT2D eigenvalue weighted by Gasteiger charge is -2.10. The first-order chi connectivity index (χ1) is 9.94. The van der Waals surface area contributed by atoms with Crippen LogP contribution in [-0.2, 0) is 23.1 Å². The maximum atomic E-state index is 12.3. The molecule has 0 aliphatic carbocycles. The van der Waals surface area contributed by atoms with Crippen LogP contribution in [0.2, 0.25) is 5.02 Å². The van der Waals surface area contributed by atoms with E-state index < -0.39 is 10.0 Å². The molecule has 2 N–H and O–H groups in total. The van der Waals surface area contributed by atoms with Gasteiger partial charge in [-0.3, -0.25) is 0 Å². The Morgan fingerprint density at radius 1 is 1.19 bits per heavy atom. The summed E-state index contributed by atoms with van der Waals surface area (Å²) >= 11 is 7.61. The predicted octanol–water partition coefficient (Wildman–Crippen LogP) is 2.91. The molecule has 0 bridgehead atoms. The number of benzene rings is 1. The van der Waals surface area contributed by atoms with Gasteiger partial charge in [-0.25, -0.2) is 13.1 Å². The topological polar surface area (TPSA) is 58.2 Å². The third-order valence-electron chi connectivity index (χ3n) is 3.11. The summed E-state index contributed by atoms with van der Waals surface area (Å²) in [7, 11) is -1.76. The average molecular weight is 345 g/mol. The molecule has 0 saturated heterocycles. The lowest BCUT2D eigenvalue weighted by Crippen LogP contribution is -2.23. The molecule has 1 aromatic heterocycles. The molecule has 2 rings (SSSR count). The van der Waals surface area contributed by atoms with Crippen molar-refractivity contribution in [2.75, 3.05) is 7.05 Å². The molecule has 0 fully saturated rings. The van der Waals surface area contributed by atoms with Gasteiger partial charge in [0.15, 0.2) is 0 Å². The van der Waals surface area contributed by atoms with E-state index in [0.29, 0.717) is 18.1 Å². The Morgan fingerprint density at radius 3 is 2.57 bits per heavy atom. The molecular weight excluding hydrogens is 328 g/mol. The number of hydrogen-bond donors (Lipinski definition) is 2. The first-order valence-corrected chi connectivity index (χ1v) is 9.19. The van der Waals surface area contributed by atoms with Gasteiger partial charge in [-0.2, -0.15) is 11.3 Å². The standard InChI is InChI=1S/C14H17ClN2O2S2/c1-10-8-20-9-12(10)7-17-21(18,19)13-3-4-14(15)11(5-13)6-16-2/h3-5,8-9,16-17H,6-7H2,1-2H3. The van der Waals surface area contributed by atoms with E-state index in [9.17, 15) is 8.42 Å². The van der Waals surface area contributed by atoms with Crippen molar-refractivity contribution in [3.05, 3.63) is 50.7 Å². The van der Waals surface area contributed by atoms with Gasteiger partial charge in [0.25, 0.3) is 0 Å². The predicted molar refractivity (Wildman–Crippen MR) is 87.3 cm³/mol. The third-order valence-corrected chi connectivity index (χ3v) is 5.79. The summed E-state index contributed by atoms with van der Waals surface area (Å²) in [5.41, 5.74) is 2.84. The zero-order valence-corrected chi connectivity index (χ0v) is 14.2. The van der Waals surface area contributed by atoms with Crippen LogP contribution in [0.4, 0.5) is 0 Å². The monoisotopic (exact) mass is 344 g/mol. The van der Waals surface area contributed by atoms with Crippen molar-refractivity contribution >= 4 is 33.0 Å². The van der Waals surface area contributed by atoms with Gasteiger partial charge >= 0.3 is 0 Å². The molecule has 2 aromatic rings. The summed E-state index contributed by atoms with van der Waals surface area (Å²) in [6, 6.07) is 4.73. The van der Waals surface area contributed by atoms with Crippen LogP contribution in [0, 0.1) is 6.92 Å². The first-order valence-electron chi connectivity index (χ1n) is 6.38. The summed E-state index contributed by atoms with van der Waals surface area (Å²) in [5.74, 6) is 0. The van der Waals surface area contributed by atoms with Crippen LogP contribution < -0.4 is 10.0 Å². The molecule has 0 saturated carbocycles. The average Bonchev–Trinajstić information content (AvgIpc) is 2.85. The number of thiophene rings is 1. The van der Waals surface area contributed by atoms with Crippen molar-refractivity contribution in [3.63, 3.8) is 0 Å². The smallest absolute Gasteiger partial charge is 0.240 e. The molecule has 4 nitrogen and oxygen atoms in total. The van der Waals surface area contributed by atoms with Crippen molar-refractivity contribution in [3.8, 4) is 0 Å². The molecule has 0 radical (unpaired) electrons. The second kappa shape index (κ2) is 6.89. The Morgan fingerprint density at radius 2 is 1.95 bits per heavy atom. The van der Waals surface area contributed by atoms with Gasteiger partial charge in [-0.15, -0.1) is 0 Å². The minimum absolute atomic E-state index is 0.227. The minimum atomic E-state index is -3.54. The highest BCUT2D eigenvalue weighted by atomic mass is 35.5. The first kappa shape index (κ1) is 16.5. The molecule has 0 atom stereocenters. The molecule has 0 aliphatic rings. The number of rotatable bonds is 6. The normalized spacial score (nSPS) is 11.8. The molecule has 0 aliphatic heterocycles. The van der Waals surface area contributed by atoms with Crippen molar-refractivity contribution in [2.45, 2.75) is 24.9 Å². The molecule has 1 aromatic carbocycles. The van der Waals surface area contributed by atoms with E-state index >= 15 is 0 Å². The van der Waals surface area contributed by atoms with E-state index in [1.165, 1.54) is 6.07 Å². The van der Waals surface area contributed by atoms with E-state index in [1.807, 2.05) is 17.7 Å². The molecule has 114 valence electrons. The summed E-state index contributed by atoms with van der Waals surface area (Å²) in [6.45, 7) is 2.78. The van der Waals surface area contributed by atoms with E-state index in [0.717, 1.165) is 16.7 Å². The number of halogens is 1. The molecule has 0 amide bonds. The molecule has 7 heteroatoms. The van der Waals surface area contributed by atoms with Crippen LogP contribution in [0.25, 0.3) is 0 Å². The maximum absolute atomic E-state index is 12.3. The van der Waals surface area contributed by atoms with Crippen LogP contribution in [0.15, 0.2) is 33.9 Å². The molecule has 0 spiro atoms. The van der Waals surface area contributed by atoms with Gasteiger partial charge in [0, 0.05) is 18.1 Å². The van der Waals surface area contributed by atoms with Crippen molar-refractivity contribution in [2.24, 2.45) is 0 Å². The van der Waals surface area contributed by atoms with E-state index in [2.05, 4.69) is 10.0 Å². The van der Waals surface area contributed by atoms with E-state index in [1.54, 1.807) is 30.5 Å². The maximum Gasteiger partial charge on any atom is 0.240 e. The Hall–Kier alpha value is -0.920. The van der Waals surface area contributed by atoms with Crippen LogP contribution >= 0.6 is 22.9 Å². The van der Waals surface area contributed by atoms with E-state index in [-0.39, 0.29) is 4.90 Å². The fourth-order valence-electron chi connectivity index (χ4n) is 1.87. The number of aryl methyl sites for hydroxylation is 1. The zero-order chi connectivity index (χ0) is 15.5. The largest absolute Gasteiger partial charge is 0.316 e. The van der Waals surface area contributed by atoms with Crippen molar-refractivity contribution in [1.29, 1.82) is 0 Å². The molecular formula is C14H17ClN2O2S2. The van der Waals surface area contributed by atoms with Gasteiger partial charge in [0.05, 0.1) is 4.90 Å². The molecule has 21 heavy (non-hydrogen) atoms. The van der Waals surface area contributed by atoms with Crippen molar-refractivity contribution < 1.29 is 8.42 Å². The zero-order valence-electron chi connectivity index (χ0n) is 11.8. The summed E-state index contributed by atoms with van der Waals surface area (Å²) in [5, 5.41) is 7.47. The van der Waals surface area contributed by atoms with Crippen molar-refractivity contribution in [1.82, 2.24) is 10.0 Å². The SMILES string of the molecule is CNCc1cc(S(=O)(=O)NCc2cscc2C)ccc1Cl. The summed E-state index contributed by atoms with van der Waals surface area (Å²) < 4.78 is 27.3. The number of sulfonamides is 1. The van der Waals surface area contributed by atoms with Gasteiger partial charge in [-0.05, 0) is 59.6 Å². The Kier molecular flexibility index (Phi) is 5.40. The fraction of sp³-hybridized carbons (Fsp3) is 0.286. The second-order valence-electron chi connectivity index (χ2n) is 4.69. The minimum Gasteiger partial charge on any atom is -0.316 e. The van der Waals surface area contributed by atoms with Crippen LogP contribution in [0.5, 0.6) is 0 Å². The van der Waals surface area contributed by atoms with Gasteiger partial charge in [0.2, 0.25) is 10.0 Å². The highest BCUT2D eigenvalue weighted by Gasteiger charge is 2.16. The van der Waals surface area contributed by atoms with Gasteiger partial charge in [0.1, 0.15) is 0 Å². The van der Waals surface area contributed by atoms with Crippen LogP contribution in [0.3, 0.4) is 0 Å². The van der Waals surface area contributed by atoms with Gasteiger partial charge < -0.3 is 5.32 Å². The van der Waals surface area contributed by atoms with Crippen LogP contribution in [-0.4, -0.2) is 15.5 Å². The summed E-state index contributed by atoms with van der Waals surface area (Å²) in [6.07, 6.45) is 0. The van der Waals surface area contributed by atoms with E-state index in [4.69, 9.17) is 11.6 Å². The lowest BCUT2D eigenvalue weighted by atomic mass is 10.2. The number of hydrogen-bond acceptors (Lipinski definition) is 4. The highest BCUT2D eigenvalue weighted by Crippen LogP contribution is 2.21. The highest BCUT2D eigenvalue weighted by molar-refractivity contribution is 7.89. The fourth-order valence-corrected chi connectivity index (χ4v) is 3.97. The third kappa shape index (κ3) is 4.05. The Bertz CT molecular complexity index is 726. The Balaban J connectivity index is 2.19. The number of nitrogens with one attached hydrogen (secondary N) is 2.